The Bertz CT molecular complexity index is 876. The Labute approximate surface area is 158 Å². The number of hydrogen-bond acceptors (Lipinski definition) is 8. The number of pyridine rings is 1. The van der Waals surface area contributed by atoms with Crippen molar-refractivity contribution in [2.24, 2.45) is 5.92 Å². The lowest BCUT2D eigenvalue weighted by Crippen LogP contribution is -2.50. The van der Waals surface area contributed by atoms with Gasteiger partial charge in [0.2, 0.25) is 5.95 Å². The summed E-state index contributed by atoms with van der Waals surface area (Å²) in [5.74, 6) is 3.02. The van der Waals surface area contributed by atoms with Gasteiger partial charge < -0.3 is 15.1 Å². The minimum Gasteiger partial charge on any atom is -0.363 e. The first-order valence-corrected chi connectivity index (χ1v) is 8.92. The van der Waals surface area contributed by atoms with Crippen molar-refractivity contribution in [1.82, 2.24) is 25.1 Å². The number of rotatable bonds is 6. The molecule has 0 radical (unpaired) electrons. The Kier molecular flexibility index (Phi) is 4.78. The van der Waals surface area contributed by atoms with Crippen LogP contribution in [0.25, 0.3) is 11.3 Å². The lowest BCUT2D eigenvalue weighted by Gasteiger charge is -2.39. The van der Waals surface area contributed by atoms with Gasteiger partial charge in [-0.25, -0.2) is 4.98 Å². The summed E-state index contributed by atoms with van der Waals surface area (Å²) >= 11 is 0. The topological polar surface area (TPSA) is 83.0 Å². The molecule has 4 rings (SSSR count). The summed E-state index contributed by atoms with van der Waals surface area (Å²) in [5.41, 5.74) is 1.88. The third-order valence-electron chi connectivity index (χ3n) is 4.56. The van der Waals surface area contributed by atoms with Crippen molar-refractivity contribution in [2.75, 3.05) is 48.8 Å². The van der Waals surface area contributed by atoms with Crippen LogP contribution in [0.1, 0.15) is 0 Å². The molecule has 0 saturated carbocycles. The summed E-state index contributed by atoms with van der Waals surface area (Å²) in [4.78, 5) is 17.0. The van der Waals surface area contributed by atoms with Crippen LogP contribution in [0, 0.1) is 5.92 Å². The highest BCUT2D eigenvalue weighted by Crippen LogP contribution is 2.24. The summed E-state index contributed by atoms with van der Waals surface area (Å²) in [6.07, 6.45) is 5.30. The summed E-state index contributed by atoms with van der Waals surface area (Å²) in [5, 5.41) is 12.0. The van der Waals surface area contributed by atoms with Crippen molar-refractivity contribution in [1.29, 1.82) is 0 Å². The van der Waals surface area contributed by atoms with Gasteiger partial charge in [-0.05, 0) is 30.3 Å². The van der Waals surface area contributed by atoms with Crippen molar-refractivity contribution >= 4 is 17.6 Å². The number of aromatic nitrogens is 5. The molecular weight excluding hydrogens is 340 g/mol. The molecule has 0 aromatic carbocycles. The number of nitrogens with zero attached hydrogens (tertiary/aromatic N) is 7. The van der Waals surface area contributed by atoms with Crippen LogP contribution < -0.4 is 15.1 Å². The molecule has 27 heavy (non-hydrogen) atoms. The van der Waals surface area contributed by atoms with E-state index in [-0.39, 0.29) is 0 Å². The minimum absolute atomic E-state index is 0.540. The van der Waals surface area contributed by atoms with Gasteiger partial charge in [0, 0.05) is 63.8 Å². The van der Waals surface area contributed by atoms with Gasteiger partial charge in [0.15, 0.2) is 5.82 Å². The molecule has 0 unspecified atom stereocenters. The van der Waals surface area contributed by atoms with Gasteiger partial charge in [0.1, 0.15) is 5.82 Å². The van der Waals surface area contributed by atoms with Crippen LogP contribution in [0.5, 0.6) is 0 Å². The highest BCUT2D eigenvalue weighted by molar-refractivity contribution is 5.59. The van der Waals surface area contributed by atoms with Crippen molar-refractivity contribution in [3.63, 3.8) is 0 Å². The second-order valence-corrected chi connectivity index (χ2v) is 6.80. The van der Waals surface area contributed by atoms with Gasteiger partial charge in [0.05, 0.1) is 5.69 Å². The molecule has 0 atom stereocenters. The Morgan fingerprint density at radius 1 is 1.04 bits per heavy atom. The zero-order valence-corrected chi connectivity index (χ0v) is 15.4. The van der Waals surface area contributed by atoms with E-state index in [1.165, 1.54) is 0 Å². The first-order valence-electron chi connectivity index (χ1n) is 8.92. The molecule has 4 heterocycles. The van der Waals surface area contributed by atoms with E-state index in [9.17, 15) is 0 Å². The van der Waals surface area contributed by atoms with Crippen LogP contribution in [0.15, 0.2) is 48.9 Å². The van der Waals surface area contributed by atoms with E-state index < -0.39 is 0 Å². The van der Waals surface area contributed by atoms with Gasteiger partial charge in [-0.2, -0.15) is 4.98 Å². The Morgan fingerprint density at radius 2 is 1.85 bits per heavy atom. The van der Waals surface area contributed by atoms with Gasteiger partial charge in [-0.1, -0.05) is 0 Å². The summed E-state index contributed by atoms with van der Waals surface area (Å²) in [6, 6.07) is 9.79. The molecule has 1 aliphatic rings. The first-order chi connectivity index (χ1) is 13.2. The summed E-state index contributed by atoms with van der Waals surface area (Å²) < 4.78 is 0. The zero-order valence-electron chi connectivity index (χ0n) is 15.4. The highest BCUT2D eigenvalue weighted by Gasteiger charge is 2.28. The van der Waals surface area contributed by atoms with Crippen LogP contribution in [-0.2, 0) is 0 Å². The average molecular weight is 362 g/mol. The van der Waals surface area contributed by atoms with E-state index in [0.29, 0.717) is 11.9 Å². The largest absolute Gasteiger partial charge is 0.363 e. The smallest absolute Gasteiger partial charge is 0.224 e. The zero-order chi connectivity index (χ0) is 18.6. The van der Waals surface area contributed by atoms with E-state index in [1.54, 1.807) is 18.6 Å². The fourth-order valence-corrected chi connectivity index (χ4v) is 2.98. The first kappa shape index (κ1) is 17.1. The molecule has 138 valence electrons. The maximum atomic E-state index is 4.48. The number of hydrogen-bond donors (Lipinski definition) is 1. The fraction of sp³-hybridized carbons (Fsp3) is 0.316. The second-order valence-electron chi connectivity index (χ2n) is 6.80. The fourth-order valence-electron chi connectivity index (χ4n) is 2.98. The van der Waals surface area contributed by atoms with Gasteiger partial charge >= 0.3 is 0 Å². The van der Waals surface area contributed by atoms with Crippen LogP contribution in [0.4, 0.5) is 17.6 Å². The molecule has 0 aliphatic carbocycles. The van der Waals surface area contributed by atoms with Gasteiger partial charge in [-0.15, -0.1) is 10.2 Å². The van der Waals surface area contributed by atoms with Crippen molar-refractivity contribution in [3.05, 3.63) is 48.9 Å². The highest BCUT2D eigenvalue weighted by atomic mass is 15.3. The summed E-state index contributed by atoms with van der Waals surface area (Å²) in [7, 11) is 3.94. The molecule has 1 fully saturated rings. The minimum atomic E-state index is 0.540. The maximum Gasteiger partial charge on any atom is 0.224 e. The molecular formula is C19H22N8. The number of nitrogens with one attached hydrogen (secondary N) is 1. The van der Waals surface area contributed by atoms with E-state index in [0.717, 1.165) is 42.5 Å². The second kappa shape index (κ2) is 7.53. The molecule has 3 aromatic rings. The number of anilines is 3. The molecule has 1 aliphatic heterocycles. The van der Waals surface area contributed by atoms with Crippen LogP contribution in [0.3, 0.4) is 0 Å². The Balaban J connectivity index is 1.29. The maximum absolute atomic E-state index is 4.48. The van der Waals surface area contributed by atoms with Crippen molar-refractivity contribution < 1.29 is 0 Å². The predicted octanol–water partition coefficient (Wildman–Crippen LogP) is 1.94. The van der Waals surface area contributed by atoms with E-state index in [1.807, 2.05) is 49.3 Å². The van der Waals surface area contributed by atoms with Crippen molar-refractivity contribution in [2.45, 2.75) is 0 Å². The molecule has 3 aromatic heterocycles. The molecule has 1 saturated heterocycles. The molecule has 1 N–H and O–H groups in total. The molecule has 8 nitrogen and oxygen atoms in total. The monoisotopic (exact) mass is 362 g/mol. The Hall–Kier alpha value is -3.29. The normalized spacial score (nSPS) is 13.9. The molecule has 0 bridgehead atoms. The van der Waals surface area contributed by atoms with Gasteiger partial charge in [0.25, 0.3) is 0 Å². The van der Waals surface area contributed by atoms with Crippen LogP contribution in [-0.4, -0.2) is 58.9 Å². The SMILES string of the molecule is CN(C)c1ccnc(NCC2CN(c3ccc(-c4ccncc4)nn3)C2)n1. The van der Waals surface area contributed by atoms with Gasteiger partial charge in [-0.3, -0.25) is 4.98 Å². The van der Waals surface area contributed by atoms with E-state index >= 15 is 0 Å². The Morgan fingerprint density at radius 3 is 2.56 bits per heavy atom. The molecule has 0 spiro atoms. The summed E-state index contributed by atoms with van der Waals surface area (Å²) in [6.45, 7) is 2.74. The lowest BCUT2D eigenvalue weighted by molar-refractivity contribution is 0.425. The van der Waals surface area contributed by atoms with E-state index in [2.05, 4.69) is 35.4 Å². The van der Waals surface area contributed by atoms with Crippen LogP contribution in [0.2, 0.25) is 0 Å². The predicted molar refractivity (Wildman–Crippen MR) is 106 cm³/mol. The lowest BCUT2D eigenvalue weighted by atomic mass is 10.0. The van der Waals surface area contributed by atoms with E-state index in [4.69, 9.17) is 0 Å². The third kappa shape index (κ3) is 3.94. The third-order valence-corrected chi connectivity index (χ3v) is 4.56. The van der Waals surface area contributed by atoms with Crippen LogP contribution >= 0.6 is 0 Å². The van der Waals surface area contributed by atoms with Crippen molar-refractivity contribution in [3.8, 4) is 11.3 Å². The molecule has 0 amide bonds. The standard InChI is InChI=1S/C19H22N8/c1-26(2)17-7-10-21-19(23-17)22-11-14-12-27(13-14)18-4-3-16(24-25-18)15-5-8-20-9-6-15/h3-10,14H,11-13H2,1-2H3,(H,21,22,23). The molecule has 8 heteroatoms. The quantitative estimate of drug-likeness (QED) is 0.712. The average Bonchev–Trinajstić information content (AvgIpc) is 2.68.